The Bertz CT molecular complexity index is 1430. The monoisotopic (exact) mass is 626 g/mol. The molecule has 3 aromatic carbocycles. The van der Waals surface area contributed by atoms with Crippen molar-refractivity contribution in [3.63, 3.8) is 0 Å². The van der Waals surface area contributed by atoms with E-state index in [1.165, 1.54) is 13.3 Å². The smallest absolute Gasteiger partial charge is 0.329 e. The first-order chi connectivity index (χ1) is 19.7. The van der Waals surface area contributed by atoms with Gasteiger partial charge < -0.3 is 29.6 Å². The highest BCUT2D eigenvalue weighted by Crippen LogP contribution is 2.36. The van der Waals surface area contributed by atoms with Gasteiger partial charge in [0, 0.05) is 12.2 Å². The van der Waals surface area contributed by atoms with Crippen LogP contribution >= 0.6 is 15.9 Å². The topological polar surface area (TPSA) is 137 Å². The lowest BCUT2D eigenvalue weighted by molar-refractivity contribution is -0.139. The summed E-state index contributed by atoms with van der Waals surface area (Å²) in [7, 11) is 4.55. The Labute approximate surface area is 246 Å². The van der Waals surface area contributed by atoms with E-state index < -0.39 is 11.8 Å². The second kappa shape index (κ2) is 15.3. The molecule has 0 atom stereocenters. The summed E-state index contributed by atoms with van der Waals surface area (Å²) in [5.41, 5.74) is 5.27. The van der Waals surface area contributed by atoms with Crippen molar-refractivity contribution in [2.75, 3.05) is 39.8 Å². The molecular weight excluding hydrogens is 596 g/mol. The molecule has 0 spiro atoms. The van der Waals surface area contributed by atoms with Gasteiger partial charge in [-0.15, -0.1) is 0 Å². The molecule has 3 N–H and O–H groups in total. The largest absolute Gasteiger partial charge is 0.493 e. The Kier molecular flexibility index (Phi) is 11.5. The van der Waals surface area contributed by atoms with Crippen LogP contribution in [-0.4, -0.2) is 58.4 Å². The molecule has 0 unspecified atom stereocenters. The maximum atomic E-state index is 12.4. The number of halogens is 1. The normalized spacial score (nSPS) is 10.6. The number of rotatable bonds is 12. The molecule has 12 heteroatoms. The Morgan fingerprint density at radius 2 is 1.63 bits per heavy atom. The van der Waals surface area contributed by atoms with E-state index in [9.17, 15) is 14.4 Å². The van der Waals surface area contributed by atoms with E-state index in [4.69, 9.17) is 18.9 Å². The molecule has 41 heavy (non-hydrogen) atoms. The molecular formula is C29H31BrN4O7. The number of carbonyl (C=O) groups excluding carboxylic acids is 3. The van der Waals surface area contributed by atoms with Crippen molar-refractivity contribution in [2.24, 2.45) is 5.10 Å². The minimum atomic E-state index is -0.917. The van der Waals surface area contributed by atoms with Gasteiger partial charge in [-0.25, -0.2) is 5.43 Å². The fourth-order valence-electron chi connectivity index (χ4n) is 3.64. The van der Waals surface area contributed by atoms with Crippen LogP contribution in [-0.2, 0) is 20.8 Å². The summed E-state index contributed by atoms with van der Waals surface area (Å²) in [6.45, 7) is 1.89. The highest BCUT2D eigenvalue weighted by Gasteiger charge is 2.15. The predicted molar refractivity (Wildman–Crippen MR) is 158 cm³/mol. The summed E-state index contributed by atoms with van der Waals surface area (Å²) >= 11 is 3.41. The van der Waals surface area contributed by atoms with Crippen LogP contribution in [0.5, 0.6) is 23.0 Å². The van der Waals surface area contributed by atoms with Crippen molar-refractivity contribution < 1.29 is 33.3 Å². The minimum absolute atomic E-state index is 0.236. The molecule has 0 radical (unpaired) electrons. The summed E-state index contributed by atoms with van der Waals surface area (Å²) in [6.07, 6.45) is 1.83. The van der Waals surface area contributed by atoms with Gasteiger partial charge in [0.15, 0.2) is 29.6 Å². The molecule has 0 aliphatic carbocycles. The van der Waals surface area contributed by atoms with Crippen LogP contribution in [0.1, 0.15) is 16.7 Å². The first-order valence-corrected chi connectivity index (χ1v) is 13.2. The van der Waals surface area contributed by atoms with E-state index >= 15 is 0 Å². The van der Waals surface area contributed by atoms with E-state index in [1.807, 2.05) is 31.2 Å². The first-order valence-electron chi connectivity index (χ1n) is 12.4. The van der Waals surface area contributed by atoms with Crippen molar-refractivity contribution in [3.05, 3.63) is 75.8 Å². The SMILES string of the molecule is COc1ccc(CCNC(=O)C(=O)N/N=C\c2cc(Br)c(OCC(=O)Nc3ccccc3C)c(OC)c2)cc1OC. The molecule has 0 fully saturated rings. The van der Waals surface area contributed by atoms with Crippen molar-refractivity contribution in [1.82, 2.24) is 10.7 Å². The number of amides is 3. The number of methoxy groups -OCH3 is 3. The molecule has 3 rings (SSSR count). The highest BCUT2D eigenvalue weighted by atomic mass is 79.9. The summed E-state index contributed by atoms with van der Waals surface area (Å²) in [6, 6.07) is 16.1. The maximum absolute atomic E-state index is 12.4. The van der Waals surface area contributed by atoms with Gasteiger partial charge in [0.25, 0.3) is 5.91 Å². The zero-order valence-corrected chi connectivity index (χ0v) is 24.7. The Hall–Kier alpha value is -4.58. The third kappa shape index (κ3) is 8.97. The number of hydrogen-bond acceptors (Lipinski definition) is 8. The molecule has 0 bridgehead atoms. The van der Waals surface area contributed by atoms with Gasteiger partial charge >= 0.3 is 11.8 Å². The average Bonchev–Trinajstić information content (AvgIpc) is 2.97. The van der Waals surface area contributed by atoms with Gasteiger partial charge in [-0.05, 0) is 76.3 Å². The van der Waals surface area contributed by atoms with Crippen LogP contribution in [0, 0.1) is 6.92 Å². The number of nitrogens with zero attached hydrogens (tertiary/aromatic N) is 1. The van der Waals surface area contributed by atoms with E-state index in [1.54, 1.807) is 44.6 Å². The number of hydrazone groups is 1. The summed E-state index contributed by atoms with van der Waals surface area (Å²) in [5, 5.41) is 9.20. The van der Waals surface area contributed by atoms with Crippen molar-refractivity contribution >= 4 is 45.6 Å². The number of anilines is 1. The lowest BCUT2D eigenvalue weighted by Gasteiger charge is -2.14. The van der Waals surface area contributed by atoms with Gasteiger partial charge in [-0.1, -0.05) is 24.3 Å². The van der Waals surface area contributed by atoms with Gasteiger partial charge in [-0.2, -0.15) is 5.10 Å². The minimum Gasteiger partial charge on any atom is -0.493 e. The van der Waals surface area contributed by atoms with Gasteiger partial charge in [0.2, 0.25) is 0 Å². The molecule has 0 aliphatic rings. The third-order valence-electron chi connectivity index (χ3n) is 5.75. The van der Waals surface area contributed by atoms with Crippen LogP contribution in [0.4, 0.5) is 5.69 Å². The fourth-order valence-corrected chi connectivity index (χ4v) is 4.22. The highest BCUT2D eigenvalue weighted by molar-refractivity contribution is 9.10. The third-order valence-corrected chi connectivity index (χ3v) is 6.34. The molecule has 3 amide bonds. The molecule has 216 valence electrons. The van der Waals surface area contributed by atoms with E-state index in [0.717, 1.165) is 11.1 Å². The summed E-state index contributed by atoms with van der Waals surface area (Å²) in [4.78, 5) is 36.6. The molecule has 0 aromatic heterocycles. The number of ether oxygens (including phenoxy) is 4. The predicted octanol–water partition coefficient (Wildman–Crippen LogP) is 3.61. The zero-order chi connectivity index (χ0) is 29.8. The van der Waals surface area contributed by atoms with Crippen LogP contribution in [0.2, 0.25) is 0 Å². The number of carbonyl (C=O) groups is 3. The number of benzene rings is 3. The van der Waals surface area contributed by atoms with Crippen LogP contribution < -0.4 is 35.0 Å². The Morgan fingerprint density at radius 1 is 0.902 bits per heavy atom. The van der Waals surface area contributed by atoms with Crippen molar-refractivity contribution in [3.8, 4) is 23.0 Å². The average molecular weight is 627 g/mol. The number of aryl methyl sites for hydroxylation is 1. The second-order valence-electron chi connectivity index (χ2n) is 8.58. The second-order valence-corrected chi connectivity index (χ2v) is 9.43. The molecule has 0 aliphatic heterocycles. The lowest BCUT2D eigenvalue weighted by atomic mass is 10.1. The quantitative estimate of drug-likeness (QED) is 0.159. The molecule has 0 heterocycles. The molecule has 11 nitrogen and oxygen atoms in total. The lowest BCUT2D eigenvalue weighted by Crippen LogP contribution is -2.38. The molecule has 0 saturated carbocycles. The van der Waals surface area contributed by atoms with Crippen molar-refractivity contribution in [2.45, 2.75) is 13.3 Å². The Morgan fingerprint density at radius 3 is 2.34 bits per heavy atom. The standard InChI is InChI=1S/C29H31BrN4O7/c1-18-7-5-6-8-22(18)33-26(35)17-41-27-21(30)13-20(15-25(27)40-4)16-32-34-29(37)28(36)31-12-11-19-9-10-23(38-2)24(14-19)39-3/h5-10,13-16H,11-12,17H2,1-4H3,(H,31,36)(H,33,35)(H,34,37)/b32-16-. The summed E-state index contributed by atoms with van der Waals surface area (Å²) in [5.74, 6) is -0.233. The van der Waals surface area contributed by atoms with E-state index in [0.29, 0.717) is 45.1 Å². The van der Waals surface area contributed by atoms with E-state index in [2.05, 4.69) is 37.1 Å². The van der Waals surface area contributed by atoms with Crippen LogP contribution in [0.15, 0.2) is 64.2 Å². The fraction of sp³-hybridized carbons (Fsp3) is 0.241. The van der Waals surface area contributed by atoms with Crippen LogP contribution in [0.3, 0.4) is 0 Å². The maximum Gasteiger partial charge on any atom is 0.329 e. The number of hydrogen-bond donors (Lipinski definition) is 3. The van der Waals surface area contributed by atoms with Gasteiger partial charge in [0.05, 0.1) is 32.0 Å². The number of para-hydroxylation sites is 1. The van der Waals surface area contributed by atoms with E-state index in [-0.39, 0.29) is 19.1 Å². The molecule has 3 aromatic rings. The van der Waals surface area contributed by atoms with Crippen LogP contribution in [0.25, 0.3) is 0 Å². The first kappa shape index (κ1) is 31.0. The van der Waals surface area contributed by atoms with Crippen molar-refractivity contribution in [1.29, 1.82) is 0 Å². The molecule has 0 saturated heterocycles. The Balaban J connectivity index is 1.50. The van der Waals surface area contributed by atoms with Gasteiger partial charge in [-0.3, -0.25) is 14.4 Å². The van der Waals surface area contributed by atoms with Gasteiger partial charge in [0.1, 0.15) is 0 Å². The zero-order valence-electron chi connectivity index (χ0n) is 23.1. The number of nitrogens with one attached hydrogen (secondary N) is 3. The summed E-state index contributed by atoms with van der Waals surface area (Å²) < 4.78 is 22.1.